The highest BCUT2D eigenvalue weighted by atomic mass is 16.4. The summed E-state index contributed by atoms with van der Waals surface area (Å²) in [6.45, 7) is 2.64. The van der Waals surface area contributed by atoms with Crippen molar-refractivity contribution in [3.8, 4) is 0 Å². The molecule has 1 unspecified atom stereocenters. The predicted molar refractivity (Wildman–Crippen MR) is 113 cm³/mol. The molecule has 0 saturated carbocycles. The fourth-order valence-electron chi connectivity index (χ4n) is 3.75. The van der Waals surface area contributed by atoms with Crippen molar-refractivity contribution >= 4 is 16.9 Å². The molecule has 0 bridgehead atoms. The van der Waals surface area contributed by atoms with Crippen molar-refractivity contribution < 1.29 is 9.90 Å². The van der Waals surface area contributed by atoms with Gasteiger partial charge in [0.25, 0.3) is 0 Å². The van der Waals surface area contributed by atoms with Crippen LogP contribution in [-0.4, -0.2) is 28.6 Å². The molecule has 5 N–H and O–H groups in total. The number of para-hydroxylation sites is 1. The van der Waals surface area contributed by atoms with Crippen molar-refractivity contribution in [1.82, 2.24) is 10.3 Å². The largest absolute Gasteiger partial charge is 0.481 e. The van der Waals surface area contributed by atoms with Gasteiger partial charge in [-0.25, -0.2) is 0 Å². The van der Waals surface area contributed by atoms with Crippen molar-refractivity contribution in [2.24, 2.45) is 5.73 Å². The van der Waals surface area contributed by atoms with E-state index in [9.17, 15) is 9.90 Å². The summed E-state index contributed by atoms with van der Waals surface area (Å²) in [4.78, 5) is 14.5. The minimum Gasteiger partial charge on any atom is -0.481 e. The summed E-state index contributed by atoms with van der Waals surface area (Å²) in [5.74, 6) is -0.782. The Bertz CT molecular complexity index is 919. The number of nitrogens with one attached hydrogen (secondary N) is 2. The molecule has 5 heteroatoms. The van der Waals surface area contributed by atoms with Crippen LogP contribution in [0.5, 0.6) is 0 Å². The molecule has 3 aromatic rings. The molecule has 0 spiro atoms. The molecule has 3 rings (SSSR count). The lowest BCUT2D eigenvalue weighted by atomic mass is 9.97. The molecule has 2 aromatic carbocycles. The summed E-state index contributed by atoms with van der Waals surface area (Å²) >= 11 is 0. The molecule has 0 aliphatic carbocycles. The van der Waals surface area contributed by atoms with Crippen LogP contribution in [0, 0.1) is 6.92 Å². The van der Waals surface area contributed by atoms with E-state index in [4.69, 9.17) is 5.73 Å². The van der Waals surface area contributed by atoms with E-state index in [1.165, 1.54) is 11.1 Å². The molecule has 148 valence electrons. The number of benzene rings is 2. The van der Waals surface area contributed by atoms with Crippen LogP contribution in [0.4, 0.5) is 0 Å². The van der Waals surface area contributed by atoms with Crippen molar-refractivity contribution in [3.05, 3.63) is 71.4 Å². The Labute approximate surface area is 166 Å². The molecule has 0 saturated heterocycles. The first-order valence-electron chi connectivity index (χ1n) is 9.87. The van der Waals surface area contributed by atoms with Crippen LogP contribution in [-0.2, 0) is 11.2 Å². The van der Waals surface area contributed by atoms with E-state index in [0.29, 0.717) is 13.0 Å². The van der Waals surface area contributed by atoms with Crippen molar-refractivity contribution in [3.63, 3.8) is 0 Å². The van der Waals surface area contributed by atoms with Crippen LogP contribution in [0.1, 0.15) is 42.0 Å². The predicted octanol–water partition coefficient (Wildman–Crippen LogP) is 3.93. The summed E-state index contributed by atoms with van der Waals surface area (Å²) in [6.07, 6.45) is 4.48. The Balaban J connectivity index is 1.75. The van der Waals surface area contributed by atoms with Gasteiger partial charge in [0.1, 0.15) is 0 Å². The molecule has 0 aliphatic heterocycles. The average Bonchev–Trinajstić information content (AvgIpc) is 3.12. The van der Waals surface area contributed by atoms with Crippen LogP contribution >= 0.6 is 0 Å². The second kappa shape index (κ2) is 9.53. The maximum Gasteiger partial charge on any atom is 0.303 e. The first-order valence-corrected chi connectivity index (χ1v) is 9.87. The normalized spacial score (nSPS) is 13.5. The topological polar surface area (TPSA) is 91.1 Å². The third-order valence-corrected chi connectivity index (χ3v) is 5.39. The van der Waals surface area contributed by atoms with Gasteiger partial charge in [0.15, 0.2) is 0 Å². The smallest absolute Gasteiger partial charge is 0.303 e. The molecule has 0 fully saturated rings. The quantitative estimate of drug-likeness (QED) is 0.429. The van der Waals surface area contributed by atoms with Crippen LogP contribution in [0.3, 0.4) is 0 Å². The van der Waals surface area contributed by atoms with Crippen molar-refractivity contribution in [1.29, 1.82) is 0 Å². The van der Waals surface area contributed by atoms with E-state index in [1.807, 2.05) is 24.4 Å². The van der Waals surface area contributed by atoms with Gasteiger partial charge in [-0.3, -0.25) is 4.79 Å². The van der Waals surface area contributed by atoms with E-state index in [2.05, 4.69) is 47.6 Å². The third kappa shape index (κ3) is 5.00. The van der Waals surface area contributed by atoms with E-state index in [-0.39, 0.29) is 18.5 Å². The van der Waals surface area contributed by atoms with E-state index >= 15 is 0 Å². The molecular weight excluding hydrogens is 350 g/mol. The Hall–Kier alpha value is -2.63. The fourth-order valence-corrected chi connectivity index (χ4v) is 3.75. The molecule has 1 aromatic heterocycles. The van der Waals surface area contributed by atoms with E-state index in [0.717, 1.165) is 29.3 Å². The lowest BCUT2D eigenvalue weighted by molar-refractivity contribution is -0.137. The number of hydrogen-bond donors (Lipinski definition) is 4. The van der Waals surface area contributed by atoms with Crippen LogP contribution < -0.4 is 11.1 Å². The Morgan fingerprint density at radius 3 is 2.64 bits per heavy atom. The number of aliphatic carboxylic acids is 1. The Kier molecular flexibility index (Phi) is 6.85. The SMILES string of the molecule is Cc1ccccc1CCC(CN)N[C@@H](CCC(=O)O)c1c[nH]c2ccccc12. The highest BCUT2D eigenvalue weighted by Crippen LogP contribution is 2.28. The average molecular weight is 380 g/mol. The van der Waals surface area contributed by atoms with Gasteiger partial charge in [0.2, 0.25) is 0 Å². The number of carbonyl (C=O) groups is 1. The van der Waals surface area contributed by atoms with E-state index < -0.39 is 5.97 Å². The number of nitrogens with two attached hydrogens (primary N) is 1. The molecule has 28 heavy (non-hydrogen) atoms. The maximum atomic E-state index is 11.2. The lowest BCUT2D eigenvalue weighted by Gasteiger charge is -2.25. The maximum absolute atomic E-state index is 11.2. The summed E-state index contributed by atoms with van der Waals surface area (Å²) in [7, 11) is 0. The van der Waals surface area contributed by atoms with Crippen LogP contribution in [0.15, 0.2) is 54.7 Å². The highest BCUT2D eigenvalue weighted by molar-refractivity contribution is 5.83. The molecular formula is C23H29N3O2. The Morgan fingerprint density at radius 1 is 1.14 bits per heavy atom. The van der Waals surface area contributed by atoms with Crippen LogP contribution in [0.25, 0.3) is 10.9 Å². The van der Waals surface area contributed by atoms with Crippen molar-refractivity contribution in [2.75, 3.05) is 6.54 Å². The fraction of sp³-hybridized carbons (Fsp3) is 0.348. The van der Waals surface area contributed by atoms with Gasteiger partial charge in [-0.1, -0.05) is 42.5 Å². The van der Waals surface area contributed by atoms with Crippen LogP contribution in [0.2, 0.25) is 0 Å². The third-order valence-electron chi connectivity index (χ3n) is 5.39. The van der Waals surface area contributed by atoms with Gasteiger partial charge in [0, 0.05) is 42.1 Å². The number of carboxylic acid groups (broad SMARTS) is 1. The number of rotatable bonds is 10. The summed E-state index contributed by atoms with van der Waals surface area (Å²) < 4.78 is 0. The van der Waals surface area contributed by atoms with E-state index in [1.54, 1.807) is 0 Å². The van der Waals surface area contributed by atoms with Gasteiger partial charge < -0.3 is 21.1 Å². The number of aromatic amines is 1. The first kappa shape index (κ1) is 20.1. The zero-order chi connectivity index (χ0) is 19.9. The Morgan fingerprint density at radius 2 is 1.89 bits per heavy atom. The van der Waals surface area contributed by atoms with Gasteiger partial charge >= 0.3 is 5.97 Å². The van der Waals surface area contributed by atoms with Crippen molar-refractivity contribution in [2.45, 2.75) is 44.7 Å². The molecule has 2 atom stereocenters. The monoisotopic (exact) mass is 379 g/mol. The number of aryl methyl sites for hydroxylation is 2. The van der Waals surface area contributed by atoms with Gasteiger partial charge in [0.05, 0.1) is 0 Å². The number of fused-ring (bicyclic) bond motifs is 1. The summed E-state index contributed by atoms with van der Waals surface area (Å²) in [6, 6.07) is 16.6. The minimum absolute atomic E-state index is 0.0577. The number of aromatic nitrogens is 1. The summed E-state index contributed by atoms with van der Waals surface area (Å²) in [5.41, 5.74) is 10.8. The highest BCUT2D eigenvalue weighted by Gasteiger charge is 2.20. The molecule has 0 amide bonds. The standard InChI is InChI=1S/C23H29N3O2/c1-16-6-2-3-7-17(16)10-11-18(14-24)26-22(12-13-23(27)28)20-15-25-21-9-5-4-8-19(20)21/h2-9,15,18,22,25-26H,10-14,24H2,1H3,(H,27,28)/t18?,22-/m0/s1. The molecule has 0 aliphatic rings. The first-order chi connectivity index (χ1) is 13.6. The second-order valence-electron chi connectivity index (χ2n) is 7.34. The summed E-state index contributed by atoms with van der Waals surface area (Å²) in [5, 5.41) is 13.9. The van der Waals surface area contributed by atoms with Gasteiger partial charge in [-0.15, -0.1) is 0 Å². The van der Waals surface area contributed by atoms with Gasteiger partial charge in [-0.2, -0.15) is 0 Å². The number of H-pyrrole nitrogens is 1. The molecule has 0 radical (unpaired) electrons. The molecule has 5 nitrogen and oxygen atoms in total. The lowest BCUT2D eigenvalue weighted by Crippen LogP contribution is -2.39. The molecule has 1 heterocycles. The number of carboxylic acids is 1. The second-order valence-corrected chi connectivity index (χ2v) is 7.34. The zero-order valence-corrected chi connectivity index (χ0v) is 16.3. The zero-order valence-electron chi connectivity index (χ0n) is 16.3. The minimum atomic E-state index is -0.782. The van der Waals surface area contributed by atoms with Gasteiger partial charge in [-0.05, 0) is 48.9 Å². The number of hydrogen-bond acceptors (Lipinski definition) is 3.